The maximum absolute atomic E-state index is 12.8. The first-order valence-corrected chi connectivity index (χ1v) is 13.8. The molecule has 1 aromatic carbocycles. The fourth-order valence-corrected chi connectivity index (χ4v) is 4.86. The molecule has 0 amide bonds. The number of thiocarbonyl (C=S) groups is 1. The number of hydrogen-bond acceptors (Lipinski definition) is 10. The zero-order valence-corrected chi connectivity index (χ0v) is 25.0. The van der Waals surface area contributed by atoms with E-state index in [4.69, 9.17) is 17.0 Å². The molecule has 1 aliphatic heterocycles. The third-order valence-electron chi connectivity index (χ3n) is 6.33. The van der Waals surface area contributed by atoms with Gasteiger partial charge in [-0.1, -0.05) is 12.2 Å². The summed E-state index contributed by atoms with van der Waals surface area (Å²) in [5.74, 6) is -3.92. The normalized spacial score (nSPS) is 17.6. The highest BCUT2D eigenvalue weighted by molar-refractivity contribution is 14.1. The summed E-state index contributed by atoms with van der Waals surface area (Å²) in [5, 5.41) is 41.6. The molecule has 0 aromatic heterocycles. The number of aliphatic carboxylic acids is 4. The summed E-state index contributed by atoms with van der Waals surface area (Å²) < 4.78 is 5.73. The molecule has 0 aliphatic carbocycles. The Bertz CT molecular complexity index is 1050. The van der Waals surface area contributed by atoms with Gasteiger partial charge >= 0.3 is 23.9 Å². The maximum atomic E-state index is 12.8. The van der Waals surface area contributed by atoms with Gasteiger partial charge in [-0.3, -0.25) is 38.8 Å². The quantitative estimate of drug-likeness (QED) is 0.0929. The monoisotopic (exact) mass is 695 g/mol. The largest absolute Gasteiger partial charge is 0.497 e. The second-order valence-corrected chi connectivity index (χ2v) is 11.4. The Morgan fingerprint density at radius 2 is 1.27 bits per heavy atom. The Hall–Kier alpha value is -2.64. The van der Waals surface area contributed by atoms with Crippen LogP contribution in [0.2, 0.25) is 0 Å². The maximum Gasteiger partial charge on any atom is 0.325 e. The van der Waals surface area contributed by atoms with Gasteiger partial charge in [-0.05, 0) is 40.8 Å². The lowest BCUT2D eigenvalue weighted by atomic mass is 10.0. The molecule has 222 valence electrons. The summed E-state index contributed by atoms with van der Waals surface area (Å²) >= 11 is 7.08. The molecule has 2 rings (SSSR count). The van der Waals surface area contributed by atoms with Crippen LogP contribution in [0.25, 0.3) is 0 Å². The van der Waals surface area contributed by atoms with Crippen LogP contribution < -0.4 is 10.1 Å². The van der Waals surface area contributed by atoms with Gasteiger partial charge in [-0.25, -0.2) is 0 Å². The SMILES string of the molecule is COc1ccc(NC(=S)I)c(C(C(=O)O)N2CCN(CC(=O)O)CCN(CC(=O)O)CCN(CC(=O)O)CC2)c1. The van der Waals surface area contributed by atoms with Crippen molar-refractivity contribution in [1.29, 1.82) is 0 Å². The van der Waals surface area contributed by atoms with Gasteiger partial charge in [0.1, 0.15) is 14.8 Å². The number of halogens is 1. The standard InChI is InChI=1S/C24H34IN5O9S/c1-39-16-2-3-18(26-24(25)40)17(12-16)22(23(37)38)30-10-8-28(14-20(33)34)6-4-27(13-19(31)32)5-7-29(9-11-30)15-21(35)36/h2-3,12,22H,4-11,13-15H2,1H3,(H,26,40)(H,31,32)(H,33,34)(H,35,36)(H,37,38). The Morgan fingerprint density at radius 1 is 0.850 bits per heavy atom. The number of benzene rings is 1. The van der Waals surface area contributed by atoms with Gasteiger partial charge in [-0.2, -0.15) is 0 Å². The van der Waals surface area contributed by atoms with Gasteiger partial charge < -0.3 is 30.5 Å². The number of carbonyl (C=O) groups is 4. The number of nitrogens with zero attached hydrogens (tertiary/aromatic N) is 4. The first-order chi connectivity index (χ1) is 18.9. The lowest BCUT2D eigenvalue weighted by molar-refractivity contribution is -0.145. The van der Waals surface area contributed by atoms with Gasteiger partial charge in [0.05, 0.1) is 26.7 Å². The molecular formula is C24H34IN5O9S. The molecule has 14 nitrogen and oxygen atoms in total. The Labute approximate surface area is 250 Å². The third kappa shape index (κ3) is 11.5. The molecule has 0 bridgehead atoms. The smallest absolute Gasteiger partial charge is 0.325 e. The minimum atomic E-state index is -1.20. The number of carboxylic acid groups (broad SMARTS) is 4. The Kier molecular flexibility index (Phi) is 13.9. The van der Waals surface area contributed by atoms with Crippen molar-refractivity contribution in [3.63, 3.8) is 0 Å². The van der Waals surface area contributed by atoms with E-state index in [9.17, 15) is 39.6 Å². The van der Waals surface area contributed by atoms with Crippen LogP contribution in [0.1, 0.15) is 11.6 Å². The topological polar surface area (TPSA) is 183 Å². The second kappa shape index (κ2) is 16.6. The predicted octanol–water partition coefficient (Wildman–Crippen LogP) is 0.428. The van der Waals surface area contributed by atoms with Crippen LogP contribution in [0, 0.1) is 0 Å². The van der Waals surface area contributed by atoms with Gasteiger partial charge in [0, 0.05) is 63.6 Å². The van der Waals surface area contributed by atoms with Crippen molar-refractivity contribution in [3.05, 3.63) is 23.8 Å². The highest BCUT2D eigenvalue weighted by atomic mass is 127. The van der Waals surface area contributed by atoms with Crippen LogP contribution >= 0.6 is 34.8 Å². The van der Waals surface area contributed by atoms with E-state index >= 15 is 0 Å². The lowest BCUT2D eigenvalue weighted by Crippen LogP contribution is -2.49. The molecule has 1 heterocycles. The van der Waals surface area contributed by atoms with Gasteiger partial charge in [0.15, 0.2) is 0 Å². The lowest BCUT2D eigenvalue weighted by Gasteiger charge is -2.36. The van der Waals surface area contributed by atoms with Crippen molar-refractivity contribution in [2.45, 2.75) is 6.04 Å². The van der Waals surface area contributed by atoms with Gasteiger partial charge in [0.25, 0.3) is 0 Å². The number of carboxylic acids is 4. The highest BCUT2D eigenvalue weighted by Gasteiger charge is 2.31. The Morgan fingerprint density at radius 3 is 1.62 bits per heavy atom. The van der Waals surface area contributed by atoms with E-state index in [0.717, 1.165) is 0 Å². The number of methoxy groups -OCH3 is 1. The van der Waals surface area contributed by atoms with Crippen molar-refractivity contribution < 1.29 is 44.3 Å². The average Bonchev–Trinajstić information content (AvgIpc) is 2.84. The van der Waals surface area contributed by atoms with Crippen molar-refractivity contribution >= 4 is 67.4 Å². The van der Waals surface area contributed by atoms with Crippen LogP contribution in [0.3, 0.4) is 0 Å². The fraction of sp³-hybridized carbons (Fsp3) is 0.542. The molecule has 1 aromatic rings. The summed E-state index contributed by atoms with van der Waals surface area (Å²) in [5.41, 5.74) is 0.841. The van der Waals surface area contributed by atoms with E-state index in [1.54, 1.807) is 37.8 Å². The molecule has 1 saturated heterocycles. The number of hydrogen-bond donors (Lipinski definition) is 5. The second-order valence-electron chi connectivity index (χ2n) is 9.14. The number of anilines is 1. The van der Waals surface area contributed by atoms with E-state index in [-0.39, 0.29) is 72.0 Å². The number of nitrogens with one attached hydrogen (secondary N) is 1. The summed E-state index contributed by atoms with van der Waals surface area (Å²) in [6.07, 6.45) is 0. The molecule has 5 N–H and O–H groups in total. The highest BCUT2D eigenvalue weighted by Crippen LogP contribution is 2.32. The molecule has 0 radical (unpaired) electrons. The van der Waals surface area contributed by atoms with Gasteiger partial charge in [0.2, 0.25) is 0 Å². The zero-order valence-electron chi connectivity index (χ0n) is 22.0. The van der Waals surface area contributed by atoms with E-state index in [0.29, 0.717) is 20.0 Å². The summed E-state index contributed by atoms with van der Waals surface area (Å²) in [4.78, 5) is 53.8. The van der Waals surface area contributed by atoms with Gasteiger partial charge in [-0.15, -0.1) is 0 Å². The van der Waals surface area contributed by atoms with Crippen molar-refractivity contribution in [1.82, 2.24) is 19.6 Å². The van der Waals surface area contributed by atoms with Crippen LogP contribution in [-0.2, 0) is 19.2 Å². The van der Waals surface area contributed by atoms with Crippen LogP contribution in [0.15, 0.2) is 18.2 Å². The Balaban J connectivity index is 2.49. The predicted molar refractivity (Wildman–Crippen MR) is 157 cm³/mol. The molecule has 1 atom stereocenters. The van der Waals surface area contributed by atoms with Crippen LogP contribution in [-0.4, -0.2) is 146 Å². The minimum Gasteiger partial charge on any atom is -0.497 e. The summed E-state index contributed by atoms with van der Waals surface area (Å²) in [7, 11) is 1.46. The van der Waals surface area contributed by atoms with E-state index < -0.39 is 29.9 Å². The van der Waals surface area contributed by atoms with Crippen molar-refractivity contribution in [2.24, 2.45) is 0 Å². The molecule has 0 saturated carbocycles. The molecule has 40 heavy (non-hydrogen) atoms. The third-order valence-corrected chi connectivity index (χ3v) is 6.71. The molecular weight excluding hydrogens is 661 g/mol. The molecule has 16 heteroatoms. The zero-order chi connectivity index (χ0) is 29.8. The number of ether oxygens (including phenoxy) is 1. The average molecular weight is 696 g/mol. The number of rotatable bonds is 11. The molecule has 1 aliphatic rings. The molecule has 0 spiro atoms. The van der Waals surface area contributed by atoms with Crippen molar-refractivity contribution in [2.75, 3.05) is 84.4 Å². The molecule has 1 fully saturated rings. The van der Waals surface area contributed by atoms with Crippen LogP contribution in [0.4, 0.5) is 5.69 Å². The van der Waals surface area contributed by atoms with E-state index in [1.165, 1.54) is 7.11 Å². The van der Waals surface area contributed by atoms with E-state index in [1.807, 2.05) is 22.6 Å². The van der Waals surface area contributed by atoms with Crippen LogP contribution in [0.5, 0.6) is 5.75 Å². The minimum absolute atomic E-state index is 0.134. The summed E-state index contributed by atoms with van der Waals surface area (Å²) in [6.45, 7) is 0.627. The van der Waals surface area contributed by atoms with Crippen molar-refractivity contribution in [3.8, 4) is 5.75 Å². The molecule has 1 unspecified atom stereocenters. The summed E-state index contributed by atoms with van der Waals surface area (Å²) in [6, 6.07) is 3.73. The first-order valence-electron chi connectivity index (χ1n) is 12.3. The fourth-order valence-electron chi connectivity index (χ4n) is 4.46. The first kappa shape index (κ1) is 33.6. The van der Waals surface area contributed by atoms with E-state index in [2.05, 4.69) is 5.32 Å².